The number of ether oxygens (including phenoxy) is 2. The van der Waals surface area contributed by atoms with Gasteiger partial charge in [-0.15, -0.1) is 0 Å². The Morgan fingerprint density at radius 3 is 2.15 bits per heavy atom. The van der Waals surface area contributed by atoms with Gasteiger partial charge < -0.3 is 14.8 Å². The van der Waals surface area contributed by atoms with E-state index in [4.69, 9.17) is 9.47 Å². The molecule has 0 heterocycles. The Balaban J connectivity index is 2.16. The fourth-order valence-corrected chi connectivity index (χ4v) is 2.42. The maximum absolute atomic E-state index is 12.4. The summed E-state index contributed by atoms with van der Waals surface area (Å²) in [7, 11) is 1.28. The van der Waals surface area contributed by atoms with Gasteiger partial charge in [0.25, 0.3) is 5.91 Å². The predicted octanol–water partition coefficient (Wildman–Crippen LogP) is 3.71. The summed E-state index contributed by atoms with van der Waals surface area (Å²) >= 11 is 0. The van der Waals surface area contributed by atoms with Crippen LogP contribution in [0.1, 0.15) is 29.8 Å². The van der Waals surface area contributed by atoms with Crippen LogP contribution in [-0.4, -0.2) is 25.1 Å². The number of benzene rings is 2. The van der Waals surface area contributed by atoms with Crippen LogP contribution >= 0.6 is 0 Å². The zero-order chi connectivity index (χ0) is 19.6. The third kappa shape index (κ3) is 6.38. The van der Waals surface area contributed by atoms with Crippen LogP contribution < -0.4 is 5.32 Å². The van der Waals surface area contributed by atoms with Crippen molar-refractivity contribution >= 4 is 11.9 Å². The smallest absolute Gasteiger partial charge is 0.354 e. The summed E-state index contributed by atoms with van der Waals surface area (Å²) < 4.78 is 10.8. The van der Waals surface area contributed by atoms with Crippen molar-refractivity contribution in [2.24, 2.45) is 5.92 Å². The summed E-state index contributed by atoms with van der Waals surface area (Å²) in [4.78, 5) is 24.6. The Bertz CT molecular complexity index is 769. The lowest BCUT2D eigenvalue weighted by Crippen LogP contribution is -2.30. The molecule has 1 atom stereocenters. The molecule has 2 aromatic carbocycles. The van der Waals surface area contributed by atoms with Crippen LogP contribution in [0.2, 0.25) is 0 Å². The van der Waals surface area contributed by atoms with Crippen molar-refractivity contribution in [1.29, 1.82) is 0 Å². The van der Waals surface area contributed by atoms with Crippen molar-refractivity contribution in [3.63, 3.8) is 0 Å². The highest BCUT2D eigenvalue weighted by atomic mass is 16.5. The van der Waals surface area contributed by atoms with E-state index < -0.39 is 5.97 Å². The second kappa shape index (κ2) is 10.3. The van der Waals surface area contributed by atoms with Crippen LogP contribution in [0, 0.1) is 5.92 Å². The Morgan fingerprint density at radius 2 is 1.59 bits per heavy atom. The van der Waals surface area contributed by atoms with Gasteiger partial charge in [-0.2, -0.15) is 0 Å². The molecule has 2 rings (SSSR count). The van der Waals surface area contributed by atoms with Gasteiger partial charge >= 0.3 is 5.97 Å². The number of rotatable bonds is 8. The first-order valence-corrected chi connectivity index (χ1v) is 8.83. The third-order valence-corrected chi connectivity index (χ3v) is 3.96. The maximum atomic E-state index is 12.4. The fourth-order valence-electron chi connectivity index (χ4n) is 2.42. The highest BCUT2D eigenvalue weighted by Crippen LogP contribution is 2.14. The molecule has 0 bridgehead atoms. The second-order valence-electron chi connectivity index (χ2n) is 6.40. The van der Waals surface area contributed by atoms with Crippen LogP contribution in [0.25, 0.3) is 0 Å². The molecule has 142 valence electrons. The Labute approximate surface area is 160 Å². The predicted molar refractivity (Wildman–Crippen MR) is 104 cm³/mol. The zero-order valence-electron chi connectivity index (χ0n) is 15.8. The van der Waals surface area contributed by atoms with Crippen molar-refractivity contribution in [2.75, 3.05) is 7.11 Å². The molecule has 0 saturated heterocycles. The fraction of sp³-hybridized carbons (Fsp3) is 0.273. The van der Waals surface area contributed by atoms with Crippen molar-refractivity contribution in [3.05, 3.63) is 83.6 Å². The topological polar surface area (TPSA) is 64.6 Å². The molecule has 0 radical (unpaired) electrons. The molecule has 0 fully saturated rings. The van der Waals surface area contributed by atoms with Crippen LogP contribution in [0.4, 0.5) is 0 Å². The molecular weight excluding hydrogens is 342 g/mol. The SMILES string of the molecule is COC(=O)/C(=C\[C@H](OCc1ccccc1)C(C)C)NC(=O)c1ccccc1. The molecule has 1 amide bonds. The first-order valence-electron chi connectivity index (χ1n) is 8.83. The number of hydrogen-bond donors (Lipinski definition) is 1. The van der Waals surface area contributed by atoms with E-state index in [1.807, 2.05) is 50.2 Å². The number of carbonyl (C=O) groups is 2. The van der Waals surface area contributed by atoms with Crippen molar-refractivity contribution in [3.8, 4) is 0 Å². The lowest BCUT2D eigenvalue weighted by atomic mass is 10.1. The number of methoxy groups -OCH3 is 1. The van der Waals surface area contributed by atoms with E-state index in [0.29, 0.717) is 12.2 Å². The summed E-state index contributed by atoms with van der Waals surface area (Å²) in [5.74, 6) is -0.895. The minimum absolute atomic E-state index is 0.0677. The lowest BCUT2D eigenvalue weighted by Gasteiger charge is -2.20. The van der Waals surface area contributed by atoms with Crippen molar-refractivity contribution in [2.45, 2.75) is 26.6 Å². The van der Waals surface area contributed by atoms with Gasteiger partial charge in [0, 0.05) is 5.56 Å². The molecule has 2 aromatic rings. The molecule has 0 aliphatic heterocycles. The number of hydrogen-bond acceptors (Lipinski definition) is 4. The first-order chi connectivity index (χ1) is 13.0. The number of esters is 1. The minimum atomic E-state index is -0.617. The van der Waals surface area contributed by atoms with Crippen molar-refractivity contribution < 1.29 is 19.1 Å². The van der Waals surface area contributed by atoms with E-state index in [-0.39, 0.29) is 23.6 Å². The van der Waals surface area contributed by atoms with Gasteiger partial charge in [-0.25, -0.2) is 4.79 Å². The highest BCUT2D eigenvalue weighted by molar-refractivity contribution is 6.01. The quantitative estimate of drug-likeness (QED) is 0.571. The summed E-state index contributed by atoms with van der Waals surface area (Å²) in [5.41, 5.74) is 1.56. The summed E-state index contributed by atoms with van der Waals surface area (Å²) in [6, 6.07) is 18.5. The Kier molecular flexibility index (Phi) is 7.77. The number of amides is 1. The summed E-state index contributed by atoms with van der Waals surface area (Å²) in [5, 5.41) is 2.64. The molecule has 0 saturated carbocycles. The molecule has 0 aliphatic rings. The monoisotopic (exact) mass is 367 g/mol. The third-order valence-electron chi connectivity index (χ3n) is 3.96. The lowest BCUT2D eigenvalue weighted by molar-refractivity contribution is -0.136. The van der Waals surface area contributed by atoms with Gasteiger partial charge in [0.15, 0.2) is 0 Å². The van der Waals surface area contributed by atoms with E-state index in [2.05, 4.69) is 5.32 Å². The molecule has 5 nitrogen and oxygen atoms in total. The molecular formula is C22H25NO4. The average Bonchev–Trinajstić information content (AvgIpc) is 2.70. The molecule has 27 heavy (non-hydrogen) atoms. The second-order valence-corrected chi connectivity index (χ2v) is 6.40. The first kappa shape index (κ1) is 20.4. The minimum Gasteiger partial charge on any atom is -0.464 e. The zero-order valence-corrected chi connectivity index (χ0v) is 15.8. The summed E-state index contributed by atoms with van der Waals surface area (Å²) in [6.07, 6.45) is 1.25. The van der Waals surface area contributed by atoms with Crippen LogP contribution in [-0.2, 0) is 20.9 Å². The number of carbonyl (C=O) groups excluding carboxylic acids is 2. The van der Waals surface area contributed by atoms with Gasteiger partial charge in [-0.05, 0) is 29.7 Å². The van der Waals surface area contributed by atoms with Crippen LogP contribution in [0.3, 0.4) is 0 Å². The largest absolute Gasteiger partial charge is 0.464 e. The average molecular weight is 367 g/mol. The normalized spacial score (nSPS) is 12.5. The van der Waals surface area contributed by atoms with Crippen LogP contribution in [0.5, 0.6) is 0 Å². The molecule has 0 unspecified atom stereocenters. The molecule has 5 heteroatoms. The molecule has 0 spiro atoms. The molecule has 0 aliphatic carbocycles. The Hall–Kier alpha value is -2.92. The number of nitrogens with one attached hydrogen (secondary N) is 1. The van der Waals surface area contributed by atoms with E-state index in [1.165, 1.54) is 7.11 Å². The van der Waals surface area contributed by atoms with E-state index in [9.17, 15) is 9.59 Å². The van der Waals surface area contributed by atoms with Gasteiger partial charge in [0.1, 0.15) is 5.70 Å². The van der Waals surface area contributed by atoms with Crippen molar-refractivity contribution in [1.82, 2.24) is 5.32 Å². The van der Waals surface area contributed by atoms with Gasteiger partial charge in [0.2, 0.25) is 0 Å². The standard InChI is InChI=1S/C22H25NO4/c1-16(2)20(27-15-17-10-6-4-7-11-17)14-19(22(25)26-3)23-21(24)18-12-8-5-9-13-18/h4-14,16,20H,15H2,1-3H3,(H,23,24)/b19-14+/t20-/m0/s1. The molecule has 1 N–H and O–H groups in total. The maximum Gasteiger partial charge on any atom is 0.354 e. The van der Waals surface area contributed by atoms with Gasteiger partial charge in [-0.3, -0.25) is 4.79 Å². The van der Waals surface area contributed by atoms with E-state index >= 15 is 0 Å². The van der Waals surface area contributed by atoms with E-state index in [1.54, 1.807) is 30.3 Å². The summed E-state index contributed by atoms with van der Waals surface area (Å²) in [6.45, 7) is 4.38. The van der Waals surface area contributed by atoms with Gasteiger partial charge in [0.05, 0.1) is 19.8 Å². The Morgan fingerprint density at radius 1 is 1.00 bits per heavy atom. The molecule has 0 aromatic heterocycles. The highest BCUT2D eigenvalue weighted by Gasteiger charge is 2.19. The van der Waals surface area contributed by atoms with E-state index in [0.717, 1.165) is 5.56 Å². The van der Waals surface area contributed by atoms with Gasteiger partial charge in [-0.1, -0.05) is 62.4 Å². The van der Waals surface area contributed by atoms with Crippen LogP contribution in [0.15, 0.2) is 72.4 Å².